The van der Waals surface area contributed by atoms with Gasteiger partial charge in [-0.1, -0.05) is 48.5 Å². The molecule has 5 nitrogen and oxygen atoms in total. The fourth-order valence-electron chi connectivity index (χ4n) is 2.95. The summed E-state index contributed by atoms with van der Waals surface area (Å²) in [6.07, 6.45) is -0.943. The molecule has 0 fully saturated rings. The first-order valence-electron chi connectivity index (χ1n) is 7.52. The van der Waals surface area contributed by atoms with E-state index in [4.69, 9.17) is 9.84 Å². The van der Waals surface area contributed by atoms with Crippen LogP contribution in [-0.2, 0) is 9.53 Å². The number of carboxylic acids is 1. The highest BCUT2D eigenvalue weighted by atomic mass is 19.1. The van der Waals surface area contributed by atoms with E-state index in [9.17, 15) is 14.0 Å². The van der Waals surface area contributed by atoms with Crippen molar-refractivity contribution < 1.29 is 23.8 Å². The zero-order valence-electron chi connectivity index (χ0n) is 12.7. The summed E-state index contributed by atoms with van der Waals surface area (Å²) in [5.74, 6) is -1.57. The molecule has 0 spiro atoms. The van der Waals surface area contributed by atoms with Crippen molar-refractivity contribution in [3.8, 4) is 11.1 Å². The number of alkyl halides is 1. The standard InChI is InChI=1S/C18H16FNO4/c19-9-16(17(21)22)20-18(23)24-10-15-13-7-3-1-5-11(13)12-6-2-4-8-14(12)15/h1-8,15-16H,9-10H2,(H,20,23)(H,21,22)/t16-/m0/s1. The van der Waals surface area contributed by atoms with Crippen molar-refractivity contribution in [2.24, 2.45) is 0 Å². The van der Waals surface area contributed by atoms with Crippen LogP contribution < -0.4 is 5.32 Å². The Morgan fingerprint density at radius 2 is 1.62 bits per heavy atom. The van der Waals surface area contributed by atoms with E-state index in [1.165, 1.54) is 0 Å². The number of ether oxygens (including phenoxy) is 1. The Bertz CT molecular complexity index is 732. The maximum Gasteiger partial charge on any atom is 0.407 e. The van der Waals surface area contributed by atoms with Gasteiger partial charge >= 0.3 is 12.1 Å². The zero-order valence-corrected chi connectivity index (χ0v) is 12.7. The predicted molar refractivity (Wildman–Crippen MR) is 85.6 cm³/mol. The summed E-state index contributed by atoms with van der Waals surface area (Å²) in [6, 6.07) is 14.1. The van der Waals surface area contributed by atoms with E-state index in [-0.39, 0.29) is 12.5 Å². The van der Waals surface area contributed by atoms with Gasteiger partial charge in [-0.05, 0) is 22.3 Å². The number of hydrogen-bond acceptors (Lipinski definition) is 3. The molecule has 0 unspecified atom stereocenters. The van der Waals surface area contributed by atoms with Gasteiger partial charge in [0.15, 0.2) is 6.04 Å². The average Bonchev–Trinajstić information content (AvgIpc) is 2.91. The third-order valence-corrected chi connectivity index (χ3v) is 4.09. The summed E-state index contributed by atoms with van der Waals surface area (Å²) in [4.78, 5) is 22.5. The number of fused-ring (bicyclic) bond motifs is 3. The molecule has 1 aliphatic carbocycles. The van der Waals surface area contributed by atoms with Gasteiger partial charge in [-0.3, -0.25) is 0 Å². The van der Waals surface area contributed by atoms with Crippen molar-refractivity contribution in [2.75, 3.05) is 13.3 Å². The number of carbonyl (C=O) groups is 2. The quantitative estimate of drug-likeness (QED) is 0.884. The molecule has 0 saturated carbocycles. The van der Waals surface area contributed by atoms with Gasteiger partial charge in [-0.2, -0.15) is 0 Å². The number of carboxylic acid groups (broad SMARTS) is 1. The Labute approximate surface area is 138 Å². The SMILES string of the molecule is O=C(N[C@@H](CF)C(=O)O)OCC1c2ccccc2-c2ccccc21. The van der Waals surface area contributed by atoms with Gasteiger partial charge < -0.3 is 15.2 Å². The maximum atomic E-state index is 12.6. The molecular weight excluding hydrogens is 313 g/mol. The fraction of sp³-hybridized carbons (Fsp3) is 0.222. The summed E-state index contributed by atoms with van der Waals surface area (Å²) < 4.78 is 17.7. The predicted octanol–water partition coefficient (Wildman–Crippen LogP) is 2.95. The van der Waals surface area contributed by atoms with E-state index in [1.54, 1.807) is 0 Å². The first-order chi connectivity index (χ1) is 11.6. The Hall–Kier alpha value is -2.89. The van der Waals surface area contributed by atoms with Crippen LogP contribution in [0.2, 0.25) is 0 Å². The molecule has 2 aromatic rings. The van der Waals surface area contributed by atoms with Crippen molar-refractivity contribution in [2.45, 2.75) is 12.0 Å². The molecule has 0 saturated heterocycles. The Morgan fingerprint density at radius 3 is 2.12 bits per heavy atom. The minimum absolute atomic E-state index is 0.0541. The van der Waals surface area contributed by atoms with Crippen LogP contribution in [0.25, 0.3) is 11.1 Å². The van der Waals surface area contributed by atoms with Gasteiger partial charge in [0, 0.05) is 5.92 Å². The van der Waals surface area contributed by atoms with Crippen molar-refractivity contribution in [3.05, 3.63) is 59.7 Å². The molecule has 0 radical (unpaired) electrons. The Balaban J connectivity index is 1.74. The van der Waals surface area contributed by atoms with Crippen LogP contribution in [0.15, 0.2) is 48.5 Å². The lowest BCUT2D eigenvalue weighted by molar-refractivity contribution is -0.139. The molecule has 124 valence electrons. The van der Waals surface area contributed by atoms with Crippen LogP contribution in [0.4, 0.5) is 9.18 Å². The monoisotopic (exact) mass is 329 g/mol. The van der Waals surface area contributed by atoms with E-state index in [0.717, 1.165) is 22.3 Å². The minimum atomic E-state index is -1.60. The Morgan fingerprint density at radius 1 is 1.08 bits per heavy atom. The van der Waals surface area contributed by atoms with E-state index in [2.05, 4.69) is 0 Å². The molecule has 1 atom stereocenters. The first kappa shape index (κ1) is 16.0. The van der Waals surface area contributed by atoms with Gasteiger partial charge in [0.25, 0.3) is 0 Å². The zero-order chi connectivity index (χ0) is 17.1. The Kier molecular flexibility index (Phi) is 4.46. The number of amides is 1. The first-order valence-corrected chi connectivity index (χ1v) is 7.52. The number of aliphatic carboxylic acids is 1. The molecule has 0 heterocycles. The van der Waals surface area contributed by atoms with Crippen LogP contribution in [0, 0.1) is 0 Å². The van der Waals surface area contributed by atoms with Crippen LogP contribution >= 0.6 is 0 Å². The van der Waals surface area contributed by atoms with E-state index < -0.39 is 24.8 Å². The molecule has 6 heteroatoms. The van der Waals surface area contributed by atoms with Gasteiger partial charge in [0.1, 0.15) is 13.3 Å². The third-order valence-electron chi connectivity index (χ3n) is 4.09. The molecule has 1 amide bonds. The second-order valence-corrected chi connectivity index (χ2v) is 5.52. The molecule has 2 aromatic carbocycles. The highest BCUT2D eigenvalue weighted by Crippen LogP contribution is 2.44. The molecule has 0 aromatic heterocycles. The molecule has 24 heavy (non-hydrogen) atoms. The largest absolute Gasteiger partial charge is 0.480 e. The van der Waals surface area contributed by atoms with E-state index in [0.29, 0.717) is 0 Å². The smallest absolute Gasteiger partial charge is 0.407 e. The third kappa shape index (κ3) is 2.95. The van der Waals surface area contributed by atoms with Gasteiger partial charge in [0.2, 0.25) is 0 Å². The van der Waals surface area contributed by atoms with Gasteiger partial charge in [-0.25, -0.2) is 14.0 Å². The van der Waals surface area contributed by atoms with Crippen molar-refractivity contribution in [1.82, 2.24) is 5.32 Å². The number of carbonyl (C=O) groups excluding carboxylic acids is 1. The van der Waals surface area contributed by atoms with E-state index in [1.807, 2.05) is 53.8 Å². The van der Waals surface area contributed by atoms with Crippen molar-refractivity contribution in [1.29, 1.82) is 0 Å². The van der Waals surface area contributed by atoms with Crippen LogP contribution in [0.1, 0.15) is 17.0 Å². The summed E-state index contributed by atoms with van der Waals surface area (Å²) in [7, 11) is 0. The maximum absolute atomic E-state index is 12.6. The number of hydrogen-bond donors (Lipinski definition) is 2. The highest BCUT2D eigenvalue weighted by Gasteiger charge is 2.29. The number of alkyl carbamates (subject to hydrolysis) is 1. The molecular formula is C18H16FNO4. The lowest BCUT2D eigenvalue weighted by Gasteiger charge is -2.16. The van der Waals surface area contributed by atoms with E-state index >= 15 is 0 Å². The minimum Gasteiger partial charge on any atom is -0.480 e. The normalized spacial score (nSPS) is 13.7. The van der Waals surface area contributed by atoms with Crippen LogP contribution in [0.3, 0.4) is 0 Å². The second-order valence-electron chi connectivity index (χ2n) is 5.52. The van der Waals surface area contributed by atoms with Gasteiger partial charge in [-0.15, -0.1) is 0 Å². The van der Waals surface area contributed by atoms with Crippen LogP contribution in [-0.4, -0.2) is 36.5 Å². The van der Waals surface area contributed by atoms with Gasteiger partial charge in [0.05, 0.1) is 0 Å². The van der Waals surface area contributed by atoms with Crippen LogP contribution in [0.5, 0.6) is 0 Å². The summed E-state index contributed by atoms with van der Waals surface area (Å²) in [5, 5.41) is 10.8. The summed E-state index contributed by atoms with van der Waals surface area (Å²) >= 11 is 0. The second kappa shape index (κ2) is 6.70. The summed E-state index contributed by atoms with van der Waals surface area (Å²) in [6.45, 7) is -1.14. The number of nitrogens with one attached hydrogen (secondary N) is 1. The average molecular weight is 329 g/mol. The molecule has 0 aliphatic heterocycles. The lowest BCUT2D eigenvalue weighted by Crippen LogP contribution is -2.42. The number of rotatable bonds is 5. The number of benzene rings is 2. The highest BCUT2D eigenvalue weighted by molar-refractivity contribution is 5.81. The number of halogens is 1. The molecule has 1 aliphatic rings. The molecule has 3 rings (SSSR count). The van der Waals surface area contributed by atoms with Crippen molar-refractivity contribution >= 4 is 12.1 Å². The molecule has 2 N–H and O–H groups in total. The lowest BCUT2D eigenvalue weighted by atomic mass is 9.98. The summed E-state index contributed by atoms with van der Waals surface area (Å²) in [5.41, 5.74) is 4.28. The molecule has 0 bridgehead atoms. The topological polar surface area (TPSA) is 75.6 Å². The fourth-order valence-corrected chi connectivity index (χ4v) is 2.95. The van der Waals surface area contributed by atoms with Crippen molar-refractivity contribution in [3.63, 3.8) is 0 Å².